The first-order chi connectivity index (χ1) is 10.7. The van der Waals surface area contributed by atoms with E-state index in [4.69, 9.17) is 23.2 Å². The van der Waals surface area contributed by atoms with Crippen molar-refractivity contribution < 1.29 is 21.7 Å². The lowest BCUT2D eigenvalue weighted by Crippen LogP contribution is -2.34. The molecule has 0 fully saturated rings. The van der Waals surface area contributed by atoms with E-state index in [0.717, 1.165) is 31.2 Å². The quantitative estimate of drug-likeness (QED) is 0.341. The van der Waals surface area contributed by atoms with Gasteiger partial charge in [-0.2, -0.15) is 0 Å². The van der Waals surface area contributed by atoms with Gasteiger partial charge in [-0.05, 0) is 31.9 Å². The monoisotopic (exact) mass is 400 g/mol. The van der Waals surface area contributed by atoms with E-state index in [9.17, 15) is 13.0 Å². The summed E-state index contributed by atoms with van der Waals surface area (Å²) in [5.41, 5.74) is 2.29. The third-order valence-corrected chi connectivity index (χ3v) is 5.02. The van der Waals surface area contributed by atoms with E-state index in [0.29, 0.717) is 10.0 Å². The number of imidazole rings is 1. The standard InChI is InChI=1S/C12H15Cl2N2S.CH4O4S/c1-4-15-10-6-8(13)9(14)7-11(10)16(5-2)12(15)17-3;1-5-6(2,3)4/h6-7H,4-5H2,1-3H3;1H3,(H,2,3,4)/q+1;/p-1. The van der Waals surface area contributed by atoms with Gasteiger partial charge in [-0.15, -0.1) is 0 Å². The van der Waals surface area contributed by atoms with Crippen LogP contribution >= 0.6 is 35.0 Å². The lowest BCUT2D eigenvalue weighted by atomic mass is 10.3. The van der Waals surface area contributed by atoms with Gasteiger partial charge in [0.1, 0.15) is 0 Å². The number of aromatic nitrogens is 2. The molecule has 1 heterocycles. The van der Waals surface area contributed by atoms with Crippen molar-refractivity contribution in [2.45, 2.75) is 32.1 Å². The van der Waals surface area contributed by atoms with Crippen molar-refractivity contribution in [3.05, 3.63) is 22.2 Å². The van der Waals surface area contributed by atoms with Gasteiger partial charge in [-0.1, -0.05) is 23.2 Å². The number of hydrogen-bond acceptors (Lipinski definition) is 5. The van der Waals surface area contributed by atoms with Gasteiger partial charge in [0.15, 0.2) is 11.0 Å². The zero-order chi connectivity index (χ0) is 17.8. The van der Waals surface area contributed by atoms with Crippen LogP contribution in [0.2, 0.25) is 10.0 Å². The summed E-state index contributed by atoms with van der Waals surface area (Å²) in [5, 5.41) is 2.47. The average Bonchev–Trinajstić information content (AvgIpc) is 2.79. The molecule has 0 saturated heterocycles. The van der Waals surface area contributed by atoms with Crippen LogP contribution in [0.3, 0.4) is 0 Å². The number of halogens is 2. The lowest BCUT2D eigenvalue weighted by Gasteiger charge is -1.98. The van der Waals surface area contributed by atoms with Crippen molar-refractivity contribution in [3.63, 3.8) is 0 Å². The van der Waals surface area contributed by atoms with Crippen molar-refractivity contribution in [3.8, 4) is 0 Å². The van der Waals surface area contributed by atoms with E-state index in [1.165, 1.54) is 5.16 Å². The van der Waals surface area contributed by atoms with Crippen molar-refractivity contribution in [1.29, 1.82) is 0 Å². The molecule has 0 spiro atoms. The predicted octanol–water partition coefficient (Wildman–Crippen LogP) is 3.09. The second kappa shape index (κ2) is 8.55. The second-order valence-electron chi connectivity index (χ2n) is 4.31. The van der Waals surface area contributed by atoms with Gasteiger partial charge in [0, 0.05) is 12.1 Å². The number of rotatable bonds is 4. The molecule has 0 bridgehead atoms. The smallest absolute Gasteiger partial charge is 0.318 e. The topological polar surface area (TPSA) is 75.2 Å². The number of hydrogen-bond donors (Lipinski definition) is 0. The minimum absolute atomic E-state index is 0.613. The molecule has 0 aliphatic rings. The fourth-order valence-electron chi connectivity index (χ4n) is 2.14. The first-order valence-corrected chi connectivity index (χ1v) is 9.98. The number of aryl methyl sites for hydroxylation is 2. The van der Waals surface area contributed by atoms with Crippen LogP contribution in [0.25, 0.3) is 11.0 Å². The minimum Gasteiger partial charge on any atom is -0.726 e. The Hall–Kier alpha value is -0.510. The minimum atomic E-state index is -4.41. The summed E-state index contributed by atoms with van der Waals surface area (Å²) >= 11 is 14.0. The molecule has 130 valence electrons. The molecular formula is C13H18Cl2N2O4S2. The molecule has 0 amide bonds. The Morgan fingerprint density at radius 1 is 1.30 bits per heavy atom. The SMILES string of the molecule is CCn1c(SC)[n+](CC)c2cc(Cl)c(Cl)cc21.COS(=O)(=O)[O-]. The molecule has 6 nitrogen and oxygen atoms in total. The molecule has 1 aromatic heterocycles. The third kappa shape index (κ3) is 4.98. The molecule has 0 unspecified atom stereocenters. The Bertz CT molecular complexity index is 744. The lowest BCUT2D eigenvalue weighted by molar-refractivity contribution is -0.706. The van der Waals surface area contributed by atoms with Gasteiger partial charge in [0.25, 0.3) is 0 Å². The van der Waals surface area contributed by atoms with E-state index >= 15 is 0 Å². The Kier molecular flexibility index (Phi) is 7.63. The number of thioether (sulfide) groups is 1. The summed E-state index contributed by atoms with van der Waals surface area (Å²) in [6, 6.07) is 3.91. The average molecular weight is 401 g/mol. The van der Waals surface area contributed by atoms with Gasteiger partial charge in [0.05, 0.1) is 30.2 Å². The number of nitrogens with zero attached hydrogens (tertiary/aromatic N) is 2. The third-order valence-electron chi connectivity index (χ3n) is 3.08. The first-order valence-electron chi connectivity index (χ1n) is 6.66. The number of fused-ring (bicyclic) bond motifs is 1. The highest BCUT2D eigenvalue weighted by Gasteiger charge is 2.23. The summed E-state index contributed by atoms with van der Waals surface area (Å²) in [5.74, 6) is 0. The van der Waals surface area contributed by atoms with Crippen LogP contribution in [0.5, 0.6) is 0 Å². The molecule has 2 aromatic rings. The van der Waals surface area contributed by atoms with E-state index in [1.807, 2.05) is 12.1 Å². The Morgan fingerprint density at radius 2 is 1.83 bits per heavy atom. The zero-order valence-corrected chi connectivity index (χ0v) is 16.3. The predicted molar refractivity (Wildman–Crippen MR) is 92.0 cm³/mol. The molecular weight excluding hydrogens is 383 g/mol. The fraction of sp³-hybridized carbons (Fsp3) is 0.462. The van der Waals surface area contributed by atoms with Gasteiger partial charge in [-0.25, -0.2) is 17.6 Å². The van der Waals surface area contributed by atoms with Crippen LogP contribution in [0, 0.1) is 0 Å². The molecule has 0 aliphatic heterocycles. The van der Waals surface area contributed by atoms with Crippen LogP contribution in [-0.2, 0) is 27.7 Å². The molecule has 0 atom stereocenters. The Labute approximate surface area is 150 Å². The zero-order valence-electron chi connectivity index (χ0n) is 13.2. The summed E-state index contributed by atoms with van der Waals surface area (Å²) in [6.45, 7) is 6.14. The molecule has 2 rings (SSSR count). The molecule has 0 N–H and O–H groups in total. The normalized spacial score (nSPS) is 11.4. The fourth-order valence-corrected chi connectivity index (χ4v) is 3.35. The van der Waals surface area contributed by atoms with Crippen molar-refractivity contribution in [2.75, 3.05) is 13.4 Å². The summed E-state index contributed by atoms with van der Waals surface area (Å²) < 4.78 is 35.6. The molecule has 1 aromatic carbocycles. The van der Waals surface area contributed by atoms with E-state index < -0.39 is 10.4 Å². The highest BCUT2D eigenvalue weighted by Crippen LogP contribution is 2.29. The van der Waals surface area contributed by atoms with Gasteiger partial charge in [0.2, 0.25) is 10.4 Å². The maximum atomic E-state index is 9.22. The number of benzene rings is 1. The maximum Gasteiger partial charge on any atom is 0.318 e. The van der Waals surface area contributed by atoms with Crippen LogP contribution < -0.4 is 4.57 Å². The molecule has 0 radical (unpaired) electrons. The van der Waals surface area contributed by atoms with Crippen molar-refractivity contribution in [2.24, 2.45) is 0 Å². The molecule has 10 heteroatoms. The van der Waals surface area contributed by atoms with Gasteiger partial charge < -0.3 is 4.55 Å². The van der Waals surface area contributed by atoms with Crippen molar-refractivity contribution in [1.82, 2.24) is 4.57 Å². The summed E-state index contributed by atoms with van der Waals surface area (Å²) in [6.07, 6.45) is 2.09. The van der Waals surface area contributed by atoms with Crippen LogP contribution in [0.15, 0.2) is 17.3 Å². The van der Waals surface area contributed by atoms with Gasteiger partial charge >= 0.3 is 5.16 Å². The molecule has 0 saturated carbocycles. The van der Waals surface area contributed by atoms with Crippen LogP contribution in [-0.4, -0.2) is 30.9 Å². The maximum absolute atomic E-state index is 9.22. The van der Waals surface area contributed by atoms with Crippen molar-refractivity contribution >= 4 is 56.4 Å². The first kappa shape index (κ1) is 20.5. The van der Waals surface area contributed by atoms with Gasteiger partial charge in [-0.3, -0.25) is 4.18 Å². The molecule has 23 heavy (non-hydrogen) atoms. The highest BCUT2D eigenvalue weighted by molar-refractivity contribution is 7.98. The van der Waals surface area contributed by atoms with E-state index in [-0.39, 0.29) is 0 Å². The molecule has 0 aliphatic carbocycles. The Morgan fingerprint density at radius 3 is 2.22 bits per heavy atom. The second-order valence-corrected chi connectivity index (χ2v) is 7.04. The largest absolute Gasteiger partial charge is 0.726 e. The highest BCUT2D eigenvalue weighted by atomic mass is 35.5. The summed E-state index contributed by atoms with van der Waals surface area (Å²) in [7, 11) is -3.60. The summed E-state index contributed by atoms with van der Waals surface area (Å²) in [4.78, 5) is 0. The van der Waals surface area contributed by atoms with E-state index in [1.54, 1.807) is 11.8 Å². The van der Waals surface area contributed by atoms with Crippen LogP contribution in [0.4, 0.5) is 0 Å². The van der Waals surface area contributed by atoms with Crippen LogP contribution in [0.1, 0.15) is 13.8 Å². The van der Waals surface area contributed by atoms with E-state index in [2.05, 4.69) is 33.4 Å². The Balaban J connectivity index is 0.000000379.